The fraction of sp³-hybridized carbons (Fsp3) is 0.552. The first-order chi connectivity index (χ1) is 17.8. The monoisotopic (exact) mass is 505 g/mol. The molecule has 2 saturated carbocycles. The molecule has 2 heterocycles. The van der Waals surface area contributed by atoms with Gasteiger partial charge in [-0.2, -0.15) is 0 Å². The van der Waals surface area contributed by atoms with Gasteiger partial charge >= 0.3 is 6.03 Å². The molecule has 8 nitrogen and oxygen atoms in total. The van der Waals surface area contributed by atoms with E-state index in [-0.39, 0.29) is 29.6 Å². The van der Waals surface area contributed by atoms with E-state index in [1.807, 2.05) is 0 Å². The van der Waals surface area contributed by atoms with Crippen molar-refractivity contribution >= 4 is 17.8 Å². The third kappa shape index (κ3) is 4.91. The second-order valence-corrected chi connectivity index (χ2v) is 11.2. The molecule has 0 bridgehead atoms. The van der Waals surface area contributed by atoms with Crippen molar-refractivity contribution in [2.24, 2.45) is 5.92 Å². The Morgan fingerprint density at radius 3 is 2.49 bits per heavy atom. The maximum Gasteiger partial charge on any atom is 0.321 e. The van der Waals surface area contributed by atoms with Crippen molar-refractivity contribution in [3.05, 3.63) is 54.2 Å². The maximum absolute atomic E-state index is 13.7. The van der Waals surface area contributed by atoms with Gasteiger partial charge in [-0.05, 0) is 70.2 Å². The standard InChI is InChI=1S/C29H39N5O3/c1-32(2)29(23-10-5-4-6-11-23)15-13-28(14-16-29)21-33(27(36)34(28)19-22-8-7-9-22)20-26(35)31-25-18-24(37-3)12-17-30-25/h4-6,10-12,17-18,22H,7-9,13-16,19-21H2,1-3H3,(H,30,31,35)/t28-,29+. The van der Waals surface area contributed by atoms with Gasteiger partial charge in [-0.1, -0.05) is 36.8 Å². The zero-order valence-corrected chi connectivity index (χ0v) is 22.3. The second-order valence-electron chi connectivity index (χ2n) is 11.2. The summed E-state index contributed by atoms with van der Waals surface area (Å²) < 4.78 is 5.23. The Morgan fingerprint density at radius 1 is 1.14 bits per heavy atom. The summed E-state index contributed by atoms with van der Waals surface area (Å²) in [5.41, 5.74) is 1.07. The highest BCUT2D eigenvalue weighted by molar-refractivity contribution is 5.94. The highest BCUT2D eigenvalue weighted by Crippen LogP contribution is 2.49. The SMILES string of the molecule is COc1ccnc(NC(=O)CN2C[C@]3(CC[C@](c4ccccc4)(N(C)C)CC3)N(CC3CCC3)C2=O)c1. The molecule has 8 heteroatoms. The molecular formula is C29H39N5O3. The Labute approximate surface area is 220 Å². The number of aromatic nitrogens is 1. The molecule has 37 heavy (non-hydrogen) atoms. The number of nitrogens with zero attached hydrogens (tertiary/aromatic N) is 4. The molecule has 2 aromatic rings. The van der Waals surface area contributed by atoms with Crippen LogP contribution in [0.2, 0.25) is 0 Å². The number of rotatable bonds is 8. The van der Waals surface area contributed by atoms with Crippen LogP contribution < -0.4 is 10.1 Å². The number of amides is 3. The molecule has 1 aliphatic heterocycles. The van der Waals surface area contributed by atoms with Crippen molar-refractivity contribution in [3.8, 4) is 5.75 Å². The Bertz CT molecular complexity index is 1110. The second kappa shape index (κ2) is 10.3. The molecule has 3 fully saturated rings. The van der Waals surface area contributed by atoms with E-state index in [1.165, 1.54) is 24.8 Å². The average molecular weight is 506 g/mol. The van der Waals surface area contributed by atoms with Crippen molar-refractivity contribution in [2.45, 2.75) is 56.0 Å². The van der Waals surface area contributed by atoms with E-state index >= 15 is 0 Å². The van der Waals surface area contributed by atoms with Gasteiger partial charge in [0.05, 0.1) is 12.6 Å². The summed E-state index contributed by atoms with van der Waals surface area (Å²) in [4.78, 5) is 37.1. The number of benzene rings is 1. The number of urea groups is 1. The summed E-state index contributed by atoms with van der Waals surface area (Å²) in [6.07, 6.45) is 9.02. The quantitative estimate of drug-likeness (QED) is 0.578. The Morgan fingerprint density at radius 2 is 1.86 bits per heavy atom. The predicted molar refractivity (Wildman–Crippen MR) is 143 cm³/mol. The molecule has 198 valence electrons. The lowest BCUT2D eigenvalue weighted by atomic mass is 9.68. The summed E-state index contributed by atoms with van der Waals surface area (Å²) in [7, 11) is 5.91. The van der Waals surface area contributed by atoms with Gasteiger partial charge < -0.3 is 19.9 Å². The number of pyridine rings is 1. The molecule has 5 rings (SSSR count). The van der Waals surface area contributed by atoms with Crippen LogP contribution in [0, 0.1) is 5.92 Å². The van der Waals surface area contributed by atoms with E-state index in [2.05, 4.69) is 64.5 Å². The molecule has 1 N–H and O–H groups in total. The van der Waals surface area contributed by atoms with Crippen LogP contribution in [0.15, 0.2) is 48.7 Å². The number of ether oxygens (including phenoxy) is 1. The number of nitrogens with one attached hydrogen (secondary N) is 1. The first kappa shape index (κ1) is 25.5. The fourth-order valence-electron chi connectivity index (χ4n) is 6.47. The van der Waals surface area contributed by atoms with Crippen LogP contribution in [0.1, 0.15) is 50.5 Å². The van der Waals surface area contributed by atoms with Crippen LogP contribution >= 0.6 is 0 Å². The van der Waals surface area contributed by atoms with Gasteiger partial charge in [0, 0.05) is 30.9 Å². The predicted octanol–water partition coefficient (Wildman–Crippen LogP) is 4.34. The summed E-state index contributed by atoms with van der Waals surface area (Å²) in [5.74, 6) is 1.38. The van der Waals surface area contributed by atoms with Gasteiger partial charge in [-0.25, -0.2) is 9.78 Å². The van der Waals surface area contributed by atoms with E-state index in [1.54, 1.807) is 30.3 Å². The zero-order valence-electron chi connectivity index (χ0n) is 22.3. The highest BCUT2D eigenvalue weighted by Gasteiger charge is 2.55. The minimum atomic E-state index is -0.238. The van der Waals surface area contributed by atoms with E-state index in [4.69, 9.17) is 4.74 Å². The lowest BCUT2D eigenvalue weighted by molar-refractivity contribution is -0.116. The van der Waals surface area contributed by atoms with Crippen molar-refractivity contribution in [1.29, 1.82) is 0 Å². The smallest absolute Gasteiger partial charge is 0.321 e. The molecule has 0 radical (unpaired) electrons. The lowest BCUT2D eigenvalue weighted by Gasteiger charge is -2.51. The number of hydrogen-bond donors (Lipinski definition) is 1. The Balaban J connectivity index is 1.33. The number of hydrogen-bond acceptors (Lipinski definition) is 5. The summed E-state index contributed by atoms with van der Waals surface area (Å²) >= 11 is 0. The van der Waals surface area contributed by atoms with Crippen molar-refractivity contribution in [2.75, 3.05) is 46.2 Å². The molecule has 0 unspecified atom stereocenters. The highest BCUT2D eigenvalue weighted by atomic mass is 16.5. The first-order valence-corrected chi connectivity index (χ1v) is 13.4. The number of methoxy groups -OCH3 is 1. The van der Waals surface area contributed by atoms with Crippen LogP contribution in [0.4, 0.5) is 10.6 Å². The molecular weight excluding hydrogens is 466 g/mol. The van der Waals surface area contributed by atoms with Crippen LogP contribution in [-0.4, -0.2) is 78.0 Å². The number of carbonyl (C=O) groups is 2. The number of carbonyl (C=O) groups excluding carboxylic acids is 2. The summed E-state index contributed by atoms with van der Waals surface area (Å²) in [6, 6.07) is 14.2. The van der Waals surface area contributed by atoms with Crippen LogP contribution in [0.25, 0.3) is 0 Å². The van der Waals surface area contributed by atoms with Crippen molar-refractivity contribution < 1.29 is 14.3 Å². The molecule has 0 atom stereocenters. The topological polar surface area (TPSA) is 78.0 Å². The molecule has 3 amide bonds. The van der Waals surface area contributed by atoms with Crippen molar-refractivity contribution in [3.63, 3.8) is 0 Å². The van der Waals surface area contributed by atoms with Crippen LogP contribution in [0.3, 0.4) is 0 Å². The molecule has 1 saturated heterocycles. The third-order valence-corrected chi connectivity index (χ3v) is 8.97. The zero-order chi connectivity index (χ0) is 26.0. The van der Waals surface area contributed by atoms with Gasteiger partial charge in [0.25, 0.3) is 0 Å². The minimum Gasteiger partial charge on any atom is -0.497 e. The average Bonchev–Trinajstić information content (AvgIpc) is 3.12. The van der Waals surface area contributed by atoms with Crippen molar-refractivity contribution in [1.82, 2.24) is 19.7 Å². The van der Waals surface area contributed by atoms with Crippen LogP contribution in [-0.2, 0) is 10.3 Å². The molecule has 1 aromatic heterocycles. The van der Waals surface area contributed by atoms with Gasteiger partial charge in [0.1, 0.15) is 18.1 Å². The largest absolute Gasteiger partial charge is 0.497 e. The van der Waals surface area contributed by atoms with Gasteiger partial charge in [-0.15, -0.1) is 0 Å². The van der Waals surface area contributed by atoms with E-state index in [9.17, 15) is 9.59 Å². The molecule has 1 spiro atoms. The van der Waals surface area contributed by atoms with Crippen LogP contribution in [0.5, 0.6) is 5.75 Å². The minimum absolute atomic E-state index is 0.00212. The summed E-state index contributed by atoms with van der Waals surface area (Å²) in [6.45, 7) is 1.42. The molecule has 1 aromatic carbocycles. The lowest BCUT2D eigenvalue weighted by Crippen LogP contribution is -2.56. The number of anilines is 1. The van der Waals surface area contributed by atoms with Gasteiger partial charge in [-0.3, -0.25) is 9.69 Å². The molecule has 2 aliphatic carbocycles. The maximum atomic E-state index is 13.7. The Kier molecular flexibility index (Phi) is 7.12. The van der Waals surface area contributed by atoms with E-state index in [0.717, 1.165) is 32.2 Å². The normalized spacial score (nSPS) is 26.0. The third-order valence-electron chi connectivity index (χ3n) is 8.97. The van der Waals surface area contributed by atoms with E-state index in [0.29, 0.717) is 24.0 Å². The first-order valence-electron chi connectivity index (χ1n) is 13.4. The summed E-state index contributed by atoms with van der Waals surface area (Å²) in [5, 5.41) is 2.83. The fourth-order valence-corrected chi connectivity index (χ4v) is 6.47. The molecule has 3 aliphatic rings. The van der Waals surface area contributed by atoms with E-state index < -0.39 is 0 Å². The Hall–Kier alpha value is -3.13. The van der Waals surface area contributed by atoms with Gasteiger partial charge in [0.15, 0.2) is 0 Å². The van der Waals surface area contributed by atoms with Gasteiger partial charge in [0.2, 0.25) is 5.91 Å².